The van der Waals surface area contributed by atoms with E-state index in [1.165, 1.54) is 19.9 Å². The van der Waals surface area contributed by atoms with Crippen LogP contribution >= 0.6 is 11.8 Å². The smallest absolute Gasteiger partial charge is 0.321 e. The lowest BCUT2D eigenvalue weighted by Gasteiger charge is -2.23. The van der Waals surface area contributed by atoms with Crippen LogP contribution in [0.5, 0.6) is 0 Å². The van der Waals surface area contributed by atoms with E-state index in [9.17, 15) is 9.59 Å². The summed E-state index contributed by atoms with van der Waals surface area (Å²) in [7, 11) is 1.49. The van der Waals surface area contributed by atoms with Crippen LogP contribution in [0.3, 0.4) is 0 Å². The van der Waals surface area contributed by atoms with E-state index in [0.717, 1.165) is 6.42 Å². The maximum Gasteiger partial charge on any atom is 0.321 e. The van der Waals surface area contributed by atoms with Crippen LogP contribution in [0.1, 0.15) is 26.2 Å². The zero-order valence-corrected chi connectivity index (χ0v) is 11.4. The highest BCUT2D eigenvalue weighted by Crippen LogP contribution is 2.28. The number of carbonyl (C=O) groups excluding carboxylic acids is 2. The van der Waals surface area contributed by atoms with Gasteiger partial charge in [-0.2, -0.15) is 11.8 Å². The molecule has 3 N–H and O–H groups in total. The molecule has 0 aromatic heterocycles. The Morgan fingerprint density at radius 1 is 1.35 bits per heavy atom. The highest BCUT2D eigenvalue weighted by atomic mass is 32.2. The molecule has 0 aliphatic heterocycles. The van der Waals surface area contributed by atoms with Gasteiger partial charge in [-0.05, 0) is 26.0 Å². The maximum absolute atomic E-state index is 11.7. The van der Waals surface area contributed by atoms with Crippen molar-refractivity contribution in [3.63, 3.8) is 0 Å². The highest BCUT2D eigenvalue weighted by Gasteiger charge is 2.29. The summed E-state index contributed by atoms with van der Waals surface area (Å²) in [5.41, 5.74) is 0. The Morgan fingerprint density at radius 3 is 2.65 bits per heavy atom. The molecule has 0 spiro atoms. The lowest BCUT2D eigenvalue weighted by molar-refractivity contribution is -0.121. The third-order valence-corrected chi connectivity index (χ3v) is 4.25. The topological polar surface area (TPSA) is 70.2 Å². The van der Waals surface area contributed by atoms with E-state index in [1.54, 1.807) is 6.92 Å². The van der Waals surface area contributed by atoms with E-state index >= 15 is 0 Å². The van der Waals surface area contributed by atoms with Crippen molar-refractivity contribution in [2.45, 2.75) is 43.5 Å². The Kier molecular flexibility index (Phi) is 5.77. The van der Waals surface area contributed by atoms with Gasteiger partial charge in [-0.1, -0.05) is 6.42 Å². The zero-order valence-electron chi connectivity index (χ0n) is 10.6. The van der Waals surface area contributed by atoms with Crippen molar-refractivity contribution in [1.29, 1.82) is 0 Å². The van der Waals surface area contributed by atoms with Crippen molar-refractivity contribution >= 4 is 23.7 Å². The molecule has 5 nitrogen and oxygen atoms in total. The van der Waals surface area contributed by atoms with Gasteiger partial charge in [0.15, 0.2) is 0 Å². The molecule has 0 radical (unpaired) electrons. The number of hydrogen-bond acceptors (Lipinski definition) is 4. The number of rotatable bonds is 4. The molecule has 0 saturated heterocycles. The van der Waals surface area contributed by atoms with E-state index in [0.29, 0.717) is 11.3 Å². The molecule has 3 atom stereocenters. The number of urea groups is 1. The Morgan fingerprint density at radius 2 is 2.06 bits per heavy atom. The summed E-state index contributed by atoms with van der Waals surface area (Å²) in [5.74, 6) is -0.281. The summed E-state index contributed by atoms with van der Waals surface area (Å²) in [6, 6.07) is -0.433. The number of thioether (sulfide) groups is 1. The first-order valence-corrected chi connectivity index (χ1v) is 7.18. The Balaban J connectivity index is 2.40. The quantitative estimate of drug-likeness (QED) is 0.695. The molecule has 6 heteroatoms. The standard InChI is InChI=1S/C11H21N3O2S/c1-7(10(15)14-11(16)12-2)13-8-5-4-6-9(8)17-3/h7-9,13H,4-6H2,1-3H3,(H2,12,14,15,16). The molecule has 1 aliphatic rings. The third-order valence-electron chi connectivity index (χ3n) is 3.08. The van der Waals surface area contributed by atoms with Gasteiger partial charge in [0, 0.05) is 18.3 Å². The lowest BCUT2D eigenvalue weighted by atomic mass is 10.2. The van der Waals surface area contributed by atoms with Gasteiger partial charge in [-0.3, -0.25) is 10.1 Å². The van der Waals surface area contributed by atoms with Gasteiger partial charge in [-0.15, -0.1) is 0 Å². The molecule has 1 aliphatic carbocycles. The normalized spacial score (nSPS) is 25.4. The molecule has 98 valence electrons. The fourth-order valence-electron chi connectivity index (χ4n) is 2.08. The van der Waals surface area contributed by atoms with Gasteiger partial charge in [0.2, 0.25) is 5.91 Å². The number of imide groups is 1. The first-order valence-electron chi connectivity index (χ1n) is 5.90. The average Bonchev–Trinajstić information content (AvgIpc) is 2.75. The van der Waals surface area contributed by atoms with E-state index in [2.05, 4.69) is 22.2 Å². The van der Waals surface area contributed by atoms with Crippen molar-refractivity contribution in [2.75, 3.05) is 13.3 Å². The van der Waals surface area contributed by atoms with Crippen molar-refractivity contribution in [3.8, 4) is 0 Å². The van der Waals surface area contributed by atoms with Crippen molar-refractivity contribution in [1.82, 2.24) is 16.0 Å². The molecule has 3 amide bonds. The van der Waals surface area contributed by atoms with Crippen molar-refractivity contribution in [3.05, 3.63) is 0 Å². The van der Waals surface area contributed by atoms with Gasteiger partial charge in [0.1, 0.15) is 0 Å². The second kappa shape index (κ2) is 6.86. The molecule has 0 aromatic carbocycles. The van der Waals surface area contributed by atoms with Crippen LogP contribution < -0.4 is 16.0 Å². The van der Waals surface area contributed by atoms with Crippen LogP contribution in [0, 0.1) is 0 Å². The fourth-order valence-corrected chi connectivity index (χ4v) is 3.02. The van der Waals surface area contributed by atoms with Gasteiger partial charge in [0.05, 0.1) is 6.04 Å². The van der Waals surface area contributed by atoms with Crippen molar-refractivity contribution in [2.24, 2.45) is 0 Å². The summed E-state index contributed by atoms with van der Waals surface area (Å²) >= 11 is 1.84. The first-order chi connectivity index (χ1) is 8.08. The summed E-state index contributed by atoms with van der Waals surface area (Å²) in [4.78, 5) is 22.7. The van der Waals surface area contributed by atoms with Crippen LogP contribution in [0.15, 0.2) is 0 Å². The molecule has 1 saturated carbocycles. The molecule has 3 unspecified atom stereocenters. The Bertz CT molecular complexity index is 286. The van der Waals surface area contributed by atoms with Crippen LogP contribution in [0.4, 0.5) is 4.79 Å². The molecule has 0 aromatic rings. The monoisotopic (exact) mass is 259 g/mol. The largest absolute Gasteiger partial charge is 0.341 e. The number of nitrogens with one attached hydrogen (secondary N) is 3. The number of amides is 3. The Hall–Kier alpha value is -0.750. The van der Waals surface area contributed by atoms with E-state index < -0.39 is 6.03 Å². The van der Waals surface area contributed by atoms with Gasteiger partial charge < -0.3 is 10.6 Å². The summed E-state index contributed by atoms with van der Waals surface area (Å²) in [6.45, 7) is 1.79. The Labute approximate surface area is 106 Å². The maximum atomic E-state index is 11.7. The van der Waals surface area contributed by atoms with Crippen LogP contribution in [-0.2, 0) is 4.79 Å². The molecule has 0 bridgehead atoms. The fraction of sp³-hybridized carbons (Fsp3) is 0.818. The molecule has 1 rings (SSSR count). The summed E-state index contributed by atoms with van der Waals surface area (Å²) in [6.07, 6.45) is 5.60. The average molecular weight is 259 g/mol. The third kappa shape index (κ3) is 4.20. The minimum atomic E-state index is -0.462. The van der Waals surface area contributed by atoms with E-state index in [-0.39, 0.29) is 11.9 Å². The molecule has 0 heterocycles. The second-order valence-corrected chi connectivity index (χ2v) is 5.35. The minimum absolute atomic E-state index is 0.281. The van der Waals surface area contributed by atoms with E-state index in [4.69, 9.17) is 0 Å². The first kappa shape index (κ1) is 14.3. The van der Waals surface area contributed by atoms with E-state index in [1.807, 2.05) is 11.8 Å². The van der Waals surface area contributed by atoms with Crippen molar-refractivity contribution < 1.29 is 9.59 Å². The number of hydrogen-bond donors (Lipinski definition) is 3. The van der Waals surface area contributed by atoms with Gasteiger partial charge >= 0.3 is 6.03 Å². The second-order valence-electron chi connectivity index (χ2n) is 4.27. The zero-order chi connectivity index (χ0) is 12.8. The minimum Gasteiger partial charge on any atom is -0.341 e. The lowest BCUT2D eigenvalue weighted by Crippen LogP contribution is -2.51. The molecule has 17 heavy (non-hydrogen) atoms. The van der Waals surface area contributed by atoms with Gasteiger partial charge in [-0.25, -0.2) is 4.79 Å². The predicted octanol–water partition coefficient (Wildman–Crippen LogP) is 0.704. The summed E-state index contributed by atoms with van der Waals surface area (Å²) < 4.78 is 0. The number of carbonyl (C=O) groups is 2. The predicted molar refractivity (Wildman–Crippen MR) is 70.1 cm³/mol. The van der Waals surface area contributed by atoms with Crippen LogP contribution in [0.2, 0.25) is 0 Å². The van der Waals surface area contributed by atoms with Gasteiger partial charge in [0.25, 0.3) is 0 Å². The SMILES string of the molecule is CNC(=O)NC(=O)C(C)NC1CCCC1SC. The molecule has 1 fully saturated rings. The molecular formula is C11H21N3O2S. The van der Waals surface area contributed by atoms with Crippen LogP contribution in [-0.4, -0.2) is 42.6 Å². The van der Waals surface area contributed by atoms with Crippen LogP contribution in [0.25, 0.3) is 0 Å². The molecular weight excluding hydrogens is 238 g/mol. The highest BCUT2D eigenvalue weighted by molar-refractivity contribution is 7.99. The summed E-state index contributed by atoms with van der Waals surface area (Å²) in [5, 5.41) is 8.51.